The maximum Gasteiger partial charge on any atom is 0.108 e. The fraction of sp³-hybridized carbons (Fsp3) is 1.00. The summed E-state index contributed by atoms with van der Waals surface area (Å²) < 4.78 is 5.92. The third kappa shape index (κ3) is 3.67. The minimum absolute atomic E-state index is 0.292. The van der Waals surface area contributed by atoms with E-state index >= 15 is 0 Å². The van der Waals surface area contributed by atoms with Crippen molar-refractivity contribution >= 4 is 0 Å². The van der Waals surface area contributed by atoms with E-state index < -0.39 is 0 Å². The molecule has 0 saturated carbocycles. The lowest BCUT2D eigenvalue weighted by Gasteiger charge is -2.36. The zero-order chi connectivity index (χ0) is 12.5. The Morgan fingerprint density at radius 2 is 2.18 bits per heavy atom. The summed E-state index contributed by atoms with van der Waals surface area (Å²) in [7, 11) is 0. The maximum atomic E-state index is 5.92. The van der Waals surface area contributed by atoms with Gasteiger partial charge in [-0.3, -0.25) is 5.32 Å². The first-order valence-electron chi connectivity index (χ1n) is 7.05. The molecule has 0 amide bonds. The lowest BCUT2D eigenvalue weighted by Crippen LogP contribution is -2.48. The Kier molecular flexibility index (Phi) is 4.11. The zero-order valence-corrected chi connectivity index (χ0v) is 11.8. The molecule has 17 heavy (non-hydrogen) atoms. The molecule has 0 aromatic heterocycles. The number of nitrogens with zero attached hydrogens (tertiary/aromatic N) is 1. The molecule has 3 nitrogen and oxygen atoms in total. The second-order valence-corrected chi connectivity index (χ2v) is 6.82. The average molecular weight is 240 g/mol. The third-order valence-corrected chi connectivity index (χ3v) is 4.08. The summed E-state index contributed by atoms with van der Waals surface area (Å²) >= 11 is 0. The van der Waals surface area contributed by atoms with Crippen LogP contribution in [0.4, 0.5) is 0 Å². The largest absolute Gasteiger partial charge is 0.363 e. The Morgan fingerprint density at radius 3 is 2.71 bits per heavy atom. The van der Waals surface area contributed by atoms with E-state index in [4.69, 9.17) is 4.74 Å². The molecule has 2 unspecified atom stereocenters. The summed E-state index contributed by atoms with van der Waals surface area (Å²) in [6, 6.07) is 0.694. The van der Waals surface area contributed by atoms with Gasteiger partial charge in [0, 0.05) is 24.5 Å². The van der Waals surface area contributed by atoms with Gasteiger partial charge in [-0.2, -0.15) is 0 Å². The Morgan fingerprint density at radius 1 is 1.41 bits per heavy atom. The highest BCUT2D eigenvalue weighted by molar-refractivity contribution is 4.83. The average Bonchev–Trinajstić information content (AvgIpc) is 2.70. The van der Waals surface area contributed by atoms with Crippen molar-refractivity contribution in [2.45, 2.75) is 52.8 Å². The molecule has 2 fully saturated rings. The van der Waals surface area contributed by atoms with Crippen LogP contribution in [0.15, 0.2) is 0 Å². The minimum Gasteiger partial charge on any atom is -0.363 e. The Balaban J connectivity index is 1.72. The second-order valence-electron chi connectivity index (χ2n) is 6.82. The van der Waals surface area contributed by atoms with E-state index in [1.54, 1.807) is 0 Å². The zero-order valence-electron chi connectivity index (χ0n) is 11.8. The van der Waals surface area contributed by atoms with Crippen LogP contribution in [0.1, 0.15) is 40.5 Å². The molecule has 2 rings (SSSR count). The van der Waals surface area contributed by atoms with Crippen molar-refractivity contribution in [2.75, 3.05) is 26.2 Å². The van der Waals surface area contributed by atoms with E-state index in [2.05, 4.69) is 37.9 Å². The highest BCUT2D eigenvalue weighted by Gasteiger charge is 2.31. The highest BCUT2D eigenvalue weighted by atomic mass is 16.5. The van der Waals surface area contributed by atoms with Crippen molar-refractivity contribution < 1.29 is 4.74 Å². The fourth-order valence-electron chi connectivity index (χ4n) is 2.80. The topological polar surface area (TPSA) is 24.5 Å². The lowest BCUT2D eigenvalue weighted by molar-refractivity contribution is -0.0667. The van der Waals surface area contributed by atoms with Gasteiger partial charge >= 0.3 is 0 Å². The van der Waals surface area contributed by atoms with Crippen molar-refractivity contribution in [1.29, 1.82) is 0 Å². The smallest absolute Gasteiger partial charge is 0.108 e. The van der Waals surface area contributed by atoms with Gasteiger partial charge in [-0.15, -0.1) is 0 Å². The minimum atomic E-state index is 0.292. The van der Waals surface area contributed by atoms with Gasteiger partial charge in [-0.1, -0.05) is 13.8 Å². The predicted molar refractivity (Wildman–Crippen MR) is 71.0 cm³/mol. The van der Waals surface area contributed by atoms with Gasteiger partial charge in [-0.25, -0.2) is 0 Å². The Hall–Kier alpha value is -0.120. The SMILES string of the molecule is CC(C)N1CCC(CC2NCC(C)(C)CO2)C1. The first kappa shape index (κ1) is 13.3. The molecule has 2 atom stereocenters. The van der Waals surface area contributed by atoms with Gasteiger partial charge in [-0.05, 0) is 39.2 Å². The summed E-state index contributed by atoms with van der Waals surface area (Å²) in [6.07, 6.45) is 2.81. The number of ether oxygens (including phenoxy) is 1. The van der Waals surface area contributed by atoms with E-state index in [1.165, 1.54) is 25.9 Å². The third-order valence-electron chi connectivity index (χ3n) is 4.08. The van der Waals surface area contributed by atoms with E-state index in [0.29, 0.717) is 17.7 Å². The molecule has 100 valence electrons. The molecule has 0 radical (unpaired) electrons. The molecule has 2 heterocycles. The van der Waals surface area contributed by atoms with Crippen LogP contribution in [0.3, 0.4) is 0 Å². The molecule has 0 aliphatic carbocycles. The normalized spacial score (nSPS) is 34.4. The summed E-state index contributed by atoms with van der Waals surface area (Å²) in [5, 5.41) is 3.54. The summed E-state index contributed by atoms with van der Waals surface area (Å²) in [6.45, 7) is 13.6. The van der Waals surface area contributed by atoms with Gasteiger partial charge < -0.3 is 9.64 Å². The van der Waals surface area contributed by atoms with Gasteiger partial charge in [0.15, 0.2) is 0 Å². The molecule has 0 aromatic carbocycles. The maximum absolute atomic E-state index is 5.92. The van der Waals surface area contributed by atoms with E-state index in [0.717, 1.165) is 19.1 Å². The lowest BCUT2D eigenvalue weighted by atomic mass is 9.92. The molecular weight excluding hydrogens is 212 g/mol. The van der Waals surface area contributed by atoms with Gasteiger partial charge in [0.05, 0.1) is 6.61 Å². The molecule has 2 aliphatic heterocycles. The summed E-state index contributed by atoms with van der Waals surface area (Å²) in [4.78, 5) is 2.58. The van der Waals surface area contributed by atoms with E-state index in [-0.39, 0.29) is 0 Å². The Labute approximate surface area is 106 Å². The van der Waals surface area contributed by atoms with Gasteiger partial charge in [0.25, 0.3) is 0 Å². The van der Waals surface area contributed by atoms with Crippen LogP contribution in [0, 0.1) is 11.3 Å². The molecule has 2 saturated heterocycles. The quantitative estimate of drug-likeness (QED) is 0.817. The molecule has 0 spiro atoms. The van der Waals surface area contributed by atoms with Gasteiger partial charge in [0.1, 0.15) is 6.23 Å². The van der Waals surface area contributed by atoms with Crippen LogP contribution in [-0.4, -0.2) is 43.4 Å². The number of likely N-dealkylation sites (tertiary alicyclic amines) is 1. The second kappa shape index (κ2) is 5.25. The highest BCUT2D eigenvalue weighted by Crippen LogP contribution is 2.26. The molecule has 2 aliphatic rings. The first-order chi connectivity index (χ1) is 7.96. The fourth-order valence-corrected chi connectivity index (χ4v) is 2.80. The summed E-state index contributed by atoms with van der Waals surface area (Å²) in [5.74, 6) is 0.816. The van der Waals surface area contributed by atoms with Crippen molar-refractivity contribution in [3.8, 4) is 0 Å². The first-order valence-corrected chi connectivity index (χ1v) is 7.05. The number of nitrogens with one attached hydrogen (secondary N) is 1. The van der Waals surface area contributed by atoms with Crippen LogP contribution < -0.4 is 5.32 Å². The molecule has 0 bridgehead atoms. The van der Waals surface area contributed by atoms with Crippen LogP contribution in [0.2, 0.25) is 0 Å². The monoisotopic (exact) mass is 240 g/mol. The van der Waals surface area contributed by atoms with E-state index in [9.17, 15) is 0 Å². The molecule has 0 aromatic rings. The van der Waals surface area contributed by atoms with Crippen molar-refractivity contribution in [2.24, 2.45) is 11.3 Å². The molecular formula is C14H28N2O. The van der Waals surface area contributed by atoms with Crippen LogP contribution in [0.5, 0.6) is 0 Å². The van der Waals surface area contributed by atoms with E-state index in [1.807, 2.05) is 0 Å². The number of rotatable bonds is 3. The summed E-state index contributed by atoms with van der Waals surface area (Å²) in [5.41, 5.74) is 0.302. The molecule has 3 heteroatoms. The molecule has 1 N–H and O–H groups in total. The number of hydrogen-bond acceptors (Lipinski definition) is 3. The van der Waals surface area contributed by atoms with Crippen molar-refractivity contribution in [3.63, 3.8) is 0 Å². The predicted octanol–water partition coefficient (Wildman–Crippen LogP) is 2.08. The Bertz CT molecular complexity index is 243. The standard InChI is InChI=1S/C14H28N2O/c1-11(2)16-6-5-12(8-16)7-13-15-9-14(3,4)10-17-13/h11-13,15H,5-10H2,1-4H3. The van der Waals surface area contributed by atoms with Crippen LogP contribution in [0.25, 0.3) is 0 Å². The number of hydrogen-bond donors (Lipinski definition) is 1. The van der Waals surface area contributed by atoms with Crippen LogP contribution >= 0.6 is 0 Å². The van der Waals surface area contributed by atoms with Crippen LogP contribution in [-0.2, 0) is 4.74 Å². The van der Waals surface area contributed by atoms with Gasteiger partial charge in [0.2, 0.25) is 0 Å². The van der Waals surface area contributed by atoms with Crippen molar-refractivity contribution in [3.05, 3.63) is 0 Å². The van der Waals surface area contributed by atoms with Crippen molar-refractivity contribution in [1.82, 2.24) is 10.2 Å².